The molecule has 4 nitrogen and oxygen atoms in total. The van der Waals surface area contributed by atoms with Crippen LogP contribution >= 0.6 is 0 Å². The van der Waals surface area contributed by atoms with Gasteiger partial charge < -0.3 is 18.8 Å². The molecule has 0 atom stereocenters. The Morgan fingerprint density at radius 3 is 1.49 bits per heavy atom. The fourth-order valence-corrected chi connectivity index (χ4v) is 10.8. The van der Waals surface area contributed by atoms with Gasteiger partial charge in [0.25, 0.3) is 0 Å². The van der Waals surface area contributed by atoms with Gasteiger partial charge in [-0.1, -0.05) is 152 Å². The summed E-state index contributed by atoms with van der Waals surface area (Å²) in [5.41, 5.74) is 16.0. The molecular formula is C68H45N3O. The van der Waals surface area contributed by atoms with Crippen LogP contribution in [0.5, 0.6) is 0 Å². The van der Waals surface area contributed by atoms with Crippen LogP contribution in [0.2, 0.25) is 0 Å². The van der Waals surface area contributed by atoms with Crippen molar-refractivity contribution in [2.45, 2.75) is 0 Å². The van der Waals surface area contributed by atoms with Crippen LogP contribution in [0.3, 0.4) is 0 Å². The van der Waals surface area contributed by atoms with Gasteiger partial charge in [0.05, 0.1) is 11.0 Å². The first-order valence-corrected chi connectivity index (χ1v) is 24.6. The third kappa shape index (κ3) is 7.16. The van der Waals surface area contributed by atoms with E-state index >= 15 is 0 Å². The number of fused-ring (bicyclic) bond motifs is 8. The van der Waals surface area contributed by atoms with Crippen molar-refractivity contribution in [2.75, 3.05) is 9.80 Å². The van der Waals surface area contributed by atoms with E-state index in [4.69, 9.17) is 4.42 Å². The second kappa shape index (κ2) is 17.1. The molecule has 12 aromatic carbocycles. The standard InChI is InChI=1S/C68H45N3O/c1-4-20-54(21-5-1)69(55-22-6-2-7-23-55)59-39-53(52-32-36-65-62(42-52)63-41-49-18-12-13-19-50(49)43-66(63)71(65)56-24-8-3-9-25-56)40-60(44-59)70(58-35-37-68-64(45-58)61-26-14-15-27-67(61)72-68)57-33-30-47(31-34-57)51-29-28-46-16-10-11-17-48(46)38-51/h1-45H. The maximum Gasteiger partial charge on any atom is 0.135 e. The Hall–Kier alpha value is -9.64. The Bertz CT molecular complexity index is 4290. The summed E-state index contributed by atoms with van der Waals surface area (Å²) in [6, 6.07) is 98.8. The molecule has 2 aromatic heterocycles. The zero-order valence-corrected chi connectivity index (χ0v) is 39.2. The van der Waals surface area contributed by atoms with Gasteiger partial charge in [0, 0.05) is 61.4 Å². The van der Waals surface area contributed by atoms with Crippen molar-refractivity contribution >= 4 is 99.4 Å². The molecule has 14 rings (SSSR count). The molecule has 0 saturated heterocycles. The van der Waals surface area contributed by atoms with E-state index in [1.807, 2.05) is 12.1 Å². The average Bonchev–Trinajstić information content (AvgIpc) is 3.98. The minimum absolute atomic E-state index is 0.857. The van der Waals surface area contributed by atoms with Crippen LogP contribution in [-0.2, 0) is 0 Å². The highest BCUT2D eigenvalue weighted by molar-refractivity contribution is 6.15. The lowest BCUT2D eigenvalue weighted by molar-refractivity contribution is 0.669. The maximum atomic E-state index is 6.41. The first-order valence-electron chi connectivity index (χ1n) is 24.6. The lowest BCUT2D eigenvalue weighted by Crippen LogP contribution is -2.13. The summed E-state index contributed by atoms with van der Waals surface area (Å²) in [7, 11) is 0. The SMILES string of the molecule is c1ccc(N(c2ccccc2)c2cc(-c3ccc4c(c3)c3cc5ccccc5cc3n4-c3ccccc3)cc(N(c3ccc(-c4ccc5ccccc5c4)cc3)c3ccc4oc5ccccc5c4c3)c2)cc1. The minimum Gasteiger partial charge on any atom is -0.456 e. The van der Waals surface area contributed by atoms with Gasteiger partial charge in [0.1, 0.15) is 11.2 Å². The predicted molar refractivity (Wildman–Crippen MR) is 303 cm³/mol. The molecule has 0 aliphatic heterocycles. The van der Waals surface area contributed by atoms with Crippen molar-refractivity contribution in [3.05, 3.63) is 273 Å². The molecule has 2 heterocycles. The molecule has 0 bridgehead atoms. The fourth-order valence-electron chi connectivity index (χ4n) is 10.8. The van der Waals surface area contributed by atoms with E-state index in [0.717, 1.165) is 84.0 Å². The van der Waals surface area contributed by atoms with Crippen LogP contribution in [0.15, 0.2) is 277 Å². The van der Waals surface area contributed by atoms with Gasteiger partial charge in [-0.25, -0.2) is 0 Å². The summed E-state index contributed by atoms with van der Waals surface area (Å²) in [4.78, 5) is 4.77. The average molecular weight is 920 g/mol. The monoisotopic (exact) mass is 919 g/mol. The quantitative estimate of drug-likeness (QED) is 0.144. The zero-order chi connectivity index (χ0) is 47.5. The van der Waals surface area contributed by atoms with Gasteiger partial charge >= 0.3 is 0 Å². The third-order valence-electron chi connectivity index (χ3n) is 14.3. The molecule has 0 amide bonds. The molecule has 0 spiro atoms. The number of furan rings is 1. The number of benzene rings is 12. The van der Waals surface area contributed by atoms with Crippen LogP contribution in [0.4, 0.5) is 34.1 Å². The third-order valence-corrected chi connectivity index (χ3v) is 14.3. The lowest BCUT2D eigenvalue weighted by atomic mass is 9.99. The predicted octanol–water partition coefficient (Wildman–Crippen LogP) is 19.3. The van der Waals surface area contributed by atoms with Gasteiger partial charge in [-0.2, -0.15) is 0 Å². The van der Waals surface area contributed by atoms with Crippen LogP contribution in [0.1, 0.15) is 0 Å². The smallest absolute Gasteiger partial charge is 0.135 e. The second-order valence-corrected chi connectivity index (χ2v) is 18.6. The van der Waals surface area contributed by atoms with Gasteiger partial charge in [-0.3, -0.25) is 0 Å². The van der Waals surface area contributed by atoms with E-state index in [-0.39, 0.29) is 0 Å². The Morgan fingerprint density at radius 2 is 0.764 bits per heavy atom. The van der Waals surface area contributed by atoms with Gasteiger partial charge in [-0.05, 0) is 165 Å². The van der Waals surface area contributed by atoms with Gasteiger partial charge in [0.15, 0.2) is 0 Å². The lowest BCUT2D eigenvalue weighted by Gasteiger charge is -2.30. The summed E-state index contributed by atoms with van der Waals surface area (Å²) in [5, 5.41) is 9.47. The largest absolute Gasteiger partial charge is 0.456 e. The molecule has 0 saturated carbocycles. The molecule has 0 unspecified atom stereocenters. The molecule has 0 fully saturated rings. The Labute approximate surface area is 417 Å². The Balaban J connectivity index is 1.02. The first-order chi connectivity index (χ1) is 35.7. The van der Waals surface area contributed by atoms with E-state index < -0.39 is 0 Å². The second-order valence-electron chi connectivity index (χ2n) is 18.6. The highest BCUT2D eigenvalue weighted by Gasteiger charge is 2.22. The van der Waals surface area contributed by atoms with Gasteiger partial charge in [-0.15, -0.1) is 0 Å². The number of rotatable bonds is 9. The minimum atomic E-state index is 0.857. The molecule has 0 radical (unpaired) electrons. The molecule has 14 aromatic rings. The maximum absolute atomic E-state index is 6.41. The van der Waals surface area contributed by atoms with E-state index in [1.54, 1.807) is 0 Å². The highest BCUT2D eigenvalue weighted by Crippen LogP contribution is 2.46. The molecule has 72 heavy (non-hydrogen) atoms. The molecular weight excluding hydrogens is 875 g/mol. The summed E-state index contributed by atoms with van der Waals surface area (Å²) in [6.45, 7) is 0. The van der Waals surface area contributed by atoms with Crippen molar-refractivity contribution in [3.63, 3.8) is 0 Å². The number of para-hydroxylation sites is 4. The van der Waals surface area contributed by atoms with E-state index in [9.17, 15) is 0 Å². The van der Waals surface area contributed by atoms with Crippen molar-refractivity contribution in [3.8, 4) is 27.9 Å². The van der Waals surface area contributed by atoms with Crippen LogP contribution < -0.4 is 9.80 Å². The Morgan fingerprint density at radius 1 is 0.250 bits per heavy atom. The van der Waals surface area contributed by atoms with Crippen LogP contribution in [0, 0.1) is 0 Å². The number of anilines is 6. The fraction of sp³-hybridized carbons (Fsp3) is 0. The van der Waals surface area contributed by atoms with Crippen molar-refractivity contribution in [1.82, 2.24) is 4.57 Å². The zero-order valence-electron chi connectivity index (χ0n) is 39.2. The summed E-state index contributed by atoms with van der Waals surface area (Å²) >= 11 is 0. The number of hydrogen-bond donors (Lipinski definition) is 0. The van der Waals surface area contributed by atoms with Crippen molar-refractivity contribution < 1.29 is 4.42 Å². The van der Waals surface area contributed by atoms with Crippen molar-refractivity contribution in [1.29, 1.82) is 0 Å². The van der Waals surface area contributed by atoms with Gasteiger partial charge in [0.2, 0.25) is 0 Å². The molecule has 4 heteroatoms. The van der Waals surface area contributed by atoms with Crippen LogP contribution in [0.25, 0.3) is 93.2 Å². The number of aromatic nitrogens is 1. The summed E-state index contributed by atoms with van der Waals surface area (Å²) in [5.74, 6) is 0. The summed E-state index contributed by atoms with van der Waals surface area (Å²) < 4.78 is 8.82. The molecule has 0 N–H and O–H groups in total. The molecule has 0 aliphatic rings. The Kier molecular flexibility index (Phi) is 9.82. The highest BCUT2D eigenvalue weighted by atomic mass is 16.3. The first kappa shape index (κ1) is 41.3. The molecule has 0 aliphatic carbocycles. The number of nitrogens with zero attached hydrogens (tertiary/aromatic N) is 3. The topological polar surface area (TPSA) is 24.6 Å². The normalized spacial score (nSPS) is 11.6. The van der Waals surface area contributed by atoms with E-state index in [1.165, 1.54) is 43.4 Å². The molecule has 338 valence electrons. The number of hydrogen-bond acceptors (Lipinski definition) is 3. The van der Waals surface area contributed by atoms with E-state index in [2.05, 4.69) is 275 Å². The van der Waals surface area contributed by atoms with Crippen molar-refractivity contribution in [2.24, 2.45) is 0 Å². The summed E-state index contributed by atoms with van der Waals surface area (Å²) in [6.07, 6.45) is 0. The van der Waals surface area contributed by atoms with Crippen LogP contribution in [-0.4, -0.2) is 4.57 Å². The van der Waals surface area contributed by atoms with E-state index in [0.29, 0.717) is 0 Å².